The van der Waals surface area contributed by atoms with Crippen LogP contribution in [0.5, 0.6) is 0 Å². The topological polar surface area (TPSA) is 111 Å². The van der Waals surface area contributed by atoms with Crippen LogP contribution in [0.4, 0.5) is 4.79 Å². The molecule has 3 N–H and O–H groups in total. The number of nitrogens with one attached hydrogen (secondary N) is 1. The van der Waals surface area contributed by atoms with E-state index in [-0.39, 0.29) is 11.9 Å². The molecule has 1 radical (unpaired) electrons. The van der Waals surface area contributed by atoms with Gasteiger partial charge in [0.25, 0.3) is 0 Å². The van der Waals surface area contributed by atoms with E-state index in [1.54, 1.807) is 11.3 Å². The average Bonchev–Trinajstić information content (AvgIpc) is 3.20. The van der Waals surface area contributed by atoms with Gasteiger partial charge in [0.05, 0.1) is 11.9 Å². The summed E-state index contributed by atoms with van der Waals surface area (Å²) in [7, 11) is 0. The molecular formula is C19H26N7O2. The van der Waals surface area contributed by atoms with Gasteiger partial charge in [-0.3, -0.25) is 14.8 Å². The predicted octanol–water partition coefficient (Wildman–Crippen LogP) is 0.392. The lowest BCUT2D eigenvalue weighted by Gasteiger charge is -2.42. The summed E-state index contributed by atoms with van der Waals surface area (Å²) in [5.74, 6) is 0.0947. The fourth-order valence-corrected chi connectivity index (χ4v) is 4.11. The van der Waals surface area contributed by atoms with Crippen molar-refractivity contribution in [3.63, 3.8) is 0 Å². The Morgan fingerprint density at radius 2 is 1.86 bits per heavy atom. The molecule has 2 saturated heterocycles. The van der Waals surface area contributed by atoms with Gasteiger partial charge in [-0.1, -0.05) is 11.3 Å². The van der Waals surface area contributed by atoms with E-state index in [0.717, 1.165) is 55.6 Å². The SMILES string of the molecule is NC(=O)N1CCN(C2CCN(C(=O)[CH]Cc3ccc4[nH]nnc4c3)CC2)CC1. The van der Waals surface area contributed by atoms with Crippen molar-refractivity contribution in [3.8, 4) is 0 Å². The summed E-state index contributed by atoms with van der Waals surface area (Å²) >= 11 is 0. The van der Waals surface area contributed by atoms with Crippen LogP contribution < -0.4 is 5.73 Å². The number of H-pyrrole nitrogens is 1. The number of aromatic amines is 1. The van der Waals surface area contributed by atoms with Crippen molar-refractivity contribution < 1.29 is 9.59 Å². The number of likely N-dealkylation sites (tertiary alicyclic amines) is 1. The molecule has 0 unspecified atom stereocenters. The first kappa shape index (κ1) is 18.7. The van der Waals surface area contributed by atoms with E-state index in [1.165, 1.54) is 0 Å². The fraction of sp³-hybridized carbons (Fsp3) is 0.526. The average molecular weight is 384 g/mol. The van der Waals surface area contributed by atoms with Crippen LogP contribution in [-0.4, -0.2) is 87.4 Å². The zero-order valence-electron chi connectivity index (χ0n) is 15.9. The van der Waals surface area contributed by atoms with E-state index >= 15 is 0 Å². The van der Waals surface area contributed by atoms with Gasteiger partial charge in [-0.25, -0.2) is 4.79 Å². The second-order valence-corrected chi connectivity index (χ2v) is 7.49. The Hall–Kier alpha value is -2.68. The summed E-state index contributed by atoms with van der Waals surface area (Å²) < 4.78 is 0. The van der Waals surface area contributed by atoms with Crippen LogP contribution in [0.15, 0.2) is 18.2 Å². The van der Waals surface area contributed by atoms with Gasteiger partial charge in [0.1, 0.15) is 5.52 Å². The number of amides is 3. The van der Waals surface area contributed by atoms with E-state index in [1.807, 2.05) is 23.1 Å². The Balaban J connectivity index is 1.22. The van der Waals surface area contributed by atoms with E-state index in [0.29, 0.717) is 25.6 Å². The van der Waals surface area contributed by atoms with Crippen molar-refractivity contribution in [2.45, 2.75) is 25.3 Å². The maximum atomic E-state index is 12.6. The van der Waals surface area contributed by atoms with E-state index in [4.69, 9.17) is 5.73 Å². The summed E-state index contributed by atoms with van der Waals surface area (Å²) in [6, 6.07) is 6.03. The molecule has 2 aromatic rings. The number of urea groups is 1. The van der Waals surface area contributed by atoms with Gasteiger partial charge >= 0.3 is 6.03 Å². The Morgan fingerprint density at radius 1 is 1.11 bits per heavy atom. The summed E-state index contributed by atoms with van der Waals surface area (Å²) in [4.78, 5) is 29.9. The smallest absolute Gasteiger partial charge is 0.314 e. The molecule has 0 saturated carbocycles. The Labute approximate surface area is 163 Å². The maximum Gasteiger partial charge on any atom is 0.314 e. The number of carbonyl (C=O) groups excluding carboxylic acids is 2. The first-order valence-electron chi connectivity index (χ1n) is 9.80. The number of piperidine rings is 1. The first-order chi connectivity index (χ1) is 13.6. The van der Waals surface area contributed by atoms with Gasteiger partial charge in [-0.2, -0.15) is 0 Å². The lowest BCUT2D eigenvalue weighted by Crippen LogP contribution is -2.55. The second kappa shape index (κ2) is 8.14. The summed E-state index contributed by atoms with van der Waals surface area (Å²) in [5.41, 5.74) is 8.11. The molecule has 1 aromatic heterocycles. The van der Waals surface area contributed by atoms with Crippen LogP contribution in [0, 0.1) is 6.42 Å². The summed E-state index contributed by atoms with van der Waals surface area (Å²) in [5, 5.41) is 10.6. The fourth-order valence-electron chi connectivity index (χ4n) is 4.11. The van der Waals surface area contributed by atoms with Crippen molar-refractivity contribution >= 4 is 23.0 Å². The Morgan fingerprint density at radius 3 is 2.57 bits per heavy atom. The van der Waals surface area contributed by atoms with E-state index in [2.05, 4.69) is 20.3 Å². The van der Waals surface area contributed by atoms with E-state index < -0.39 is 0 Å². The molecule has 0 aliphatic carbocycles. The van der Waals surface area contributed by atoms with Gasteiger partial charge in [0, 0.05) is 45.3 Å². The number of nitrogens with two attached hydrogens (primary N) is 1. The molecule has 0 bridgehead atoms. The largest absolute Gasteiger partial charge is 0.351 e. The van der Waals surface area contributed by atoms with Crippen molar-refractivity contribution in [1.82, 2.24) is 30.1 Å². The van der Waals surface area contributed by atoms with Crippen LogP contribution in [0.25, 0.3) is 11.0 Å². The molecule has 4 rings (SSSR count). The van der Waals surface area contributed by atoms with Crippen molar-refractivity contribution in [3.05, 3.63) is 30.2 Å². The number of aromatic nitrogens is 3. The number of hydrogen-bond acceptors (Lipinski definition) is 5. The number of benzene rings is 1. The standard InChI is InChI=1S/C19H26N7O2/c20-19(28)26-11-9-24(10-12-26)15-5-7-25(8-6-15)18(27)4-2-14-1-3-16-17(13-14)22-23-21-16/h1,3-4,13,15H,2,5-12H2,(H2,20,28)(H,21,22,23). The molecule has 2 aliphatic heterocycles. The third-order valence-corrected chi connectivity index (χ3v) is 5.82. The summed E-state index contributed by atoms with van der Waals surface area (Å²) in [6.45, 7) is 4.66. The van der Waals surface area contributed by atoms with Gasteiger partial charge in [0.2, 0.25) is 5.91 Å². The lowest BCUT2D eigenvalue weighted by molar-refractivity contribution is -0.129. The molecule has 0 spiro atoms. The number of primary amides is 1. The van der Waals surface area contributed by atoms with Gasteiger partial charge in [-0.15, -0.1) is 5.10 Å². The van der Waals surface area contributed by atoms with Crippen molar-refractivity contribution in [1.29, 1.82) is 0 Å². The predicted molar refractivity (Wildman–Crippen MR) is 104 cm³/mol. The molecule has 9 nitrogen and oxygen atoms in total. The molecule has 0 atom stereocenters. The molecule has 3 amide bonds. The molecule has 2 fully saturated rings. The number of rotatable bonds is 4. The number of carbonyl (C=O) groups is 2. The maximum absolute atomic E-state index is 12.6. The number of fused-ring (bicyclic) bond motifs is 1. The molecule has 1 aromatic carbocycles. The molecule has 28 heavy (non-hydrogen) atoms. The van der Waals surface area contributed by atoms with Crippen LogP contribution in [0.2, 0.25) is 0 Å². The highest BCUT2D eigenvalue weighted by atomic mass is 16.2. The van der Waals surface area contributed by atoms with Gasteiger partial charge < -0.3 is 15.5 Å². The number of nitrogens with zero attached hydrogens (tertiary/aromatic N) is 5. The van der Waals surface area contributed by atoms with Crippen molar-refractivity contribution in [2.75, 3.05) is 39.3 Å². The first-order valence-corrected chi connectivity index (χ1v) is 9.80. The highest BCUT2D eigenvalue weighted by molar-refractivity contribution is 5.85. The van der Waals surface area contributed by atoms with Crippen LogP contribution in [0.3, 0.4) is 0 Å². The molecular weight excluding hydrogens is 358 g/mol. The highest BCUT2D eigenvalue weighted by Gasteiger charge is 2.29. The van der Waals surface area contributed by atoms with Crippen LogP contribution >= 0.6 is 0 Å². The van der Waals surface area contributed by atoms with Gasteiger partial charge in [0.15, 0.2) is 0 Å². The monoisotopic (exact) mass is 384 g/mol. The minimum Gasteiger partial charge on any atom is -0.351 e. The zero-order chi connectivity index (χ0) is 19.5. The van der Waals surface area contributed by atoms with Crippen LogP contribution in [-0.2, 0) is 11.2 Å². The normalized spacial score (nSPS) is 19.3. The molecule has 149 valence electrons. The molecule has 2 aliphatic rings. The third kappa shape index (κ3) is 4.09. The number of piperazine rings is 1. The minimum absolute atomic E-state index is 0.0947. The molecule has 9 heteroatoms. The highest BCUT2D eigenvalue weighted by Crippen LogP contribution is 2.19. The third-order valence-electron chi connectivity index (χ3n) is 5.82. The van der Waals surface area contributed by atoms with Crippen molar-refractivity contribution in [2.24, 2.45) is 5.73 Å². The summed E-state index contributed by atoms with van der Waals surface area (Å²) in [6.07, 6.45) is 4.30. The Bertz CT molecular complexity index is 836. The zero-order valence-corrected chi connectivity index (χ0v) is 15.9. The van der Waals surface area contributed by atoms with Gasteiger partial charge in [-0.05, 0) is 37.0 Å². The van der Waals surface area contributed by atoms with Crippen LogP contribution in [0.1, 0.15) is 18.4 Å². The number of hydrogen-bond donors (Lipinski definition) is 2. The van der Waals surface area contributed by atoms with E-state index in [9.17, 15) is 9.59 Å². The second-order valence-electron chi connectivity index (χ2n) is 7.49. The quantitative estimate of drug-likeness (QED) is 0.792. The Kier molecular flexibility index (Phi) is 5.43. The lowest BCUT2D eigenvalue weighted by atomic mass is 10.0. The molecule has 3 heterocycles. The minimum atomic E-state index is -0.335.